The first-order valence-corrected chi connectivity index (χ1v) is 16.2. The normalized spacial score (nSPS) is 50.1. The van der Waals surface area contributed by atoms with Crippen molar-refractivity contribution in [2.24, 2.45) is 39.9 Å². The number of hydrogen-bond donors (Lipinski definition) is 1. The van der Waals surface area contributed by atoms with Crippen LogP contribution in [0.1, 0.15) is 111 Å². The summed E-state index contributed by atoms with van der Waals surface area (Å²) in [6.45, 7) is 18.5. The number of nitrogens with zero attached hydrogens (tertiary/aromatic N) is 1. The van der Waals surface area contributed by atoms with Gasteiger partial charge in [-0.25, -0.2) is 4.98 Å². The van der Waals surface area contributed by atoms with Crippen molar-refractivity contribution in [1.29, 1.82) is 0 Å². The smallest absolute Gasteiger partial charge is 0.159 e. The second-order valence-corrected chi connectivity index (χ2v) is 18.0. The van der Waals surface area contributed by atoms with E-state index in [2.05, 4.69) is 71.3 Å². The number of aliphatic hydroxyl groups is 1. The second kappa shape index (κ2) is 7.91. The van der Waals surface area contributed by atoms with Crippen LogP contribution in [0.5, 0.6) is 0 Å². The Hall–Kier alpha value is -0.300. The number of thiazole rings is 1. The molecule has 1 N–H and O–H groups in total. The molecule has 0 unspecified atom stereocenters. The summed E-state index contributed by atoms with van der Waals surface area (Å²) in [5.74, 6) is 1.15. The number of ether oxygens (including phenoxy) is 1. The van der Waals surface area contributed by atoms with Crippen LogP contribution in [0.3, 0.4) is 0 Å². The molecule has 4 fully saturated rings. The molecule has 3 saturated carbocycles. The lowest BCUT2D eigenvalue weighted by Crippen LogP contribution is -2.68. The number of carbonyl (C=O) groups excluding carboxylic acids is 1. The zero-order valence-electron chi connectivity index (χ0n) is 24.0. The van der Waals surface area contributed by atoms with E-state index in [-0.39, 0.29) is 50.8 Å². The van der Waals surface area contributed by atoms with Gasteiger partial charge >= 0.3 is 0 Å². The SMILES string of the molecule is CC1(C)CCC[C@](C)([C@H]2CC[C@]3(C)[C@@H]2[C@H](O)C[C@@H]2[C@@]4(C)Cc5sc(Br)nc5C(C)(C)[C@@H]4C(=O)C[C@]23C)O1. The molecule has 0 bridgehead atoms. The minimum atomic E-state index is -0.357. The van der Waals surface area contributed by atoms with Crippen molar-refractivity contribution in [2.75, 3.05) is 0 Å². The lowest BCUT2D eigenvalue weighted by atomic mass is 9.35. The topological polar surface area (TPSA) is 59.4 Å². The number of aromatic nitrogens is 1. The van der Waals surface area contributed by atoms with Crippen molar-refractivity contribution < 1.29 is 14.6 Å². The van der Waals surface area contributed by atoms with Gasteiger partial charge in [0.25, 0.3) is 0 Å². The number of aliphatic hydroxyl groups excluding tert-OH is 1. The summed E-state index contributed by atoms with van der Waals surface area (Å²) in [6.07, 6.45) is 7.44. The summed E-state index contributed by atoms with van der Waals surface area (Å²) < 4.78 is 7.78. The lowest BCUT2D eigenvalue weighted by Gasteiger charge is -2.69. The Kier molecular flexibility index (Phi) is 5.75. The number of carbonyl (C=O) groups is 1. The Morgan fingerprint density at radius 2 is 1.70 bits per heavy atom. The number of halogens is 1. The van der Waals surface area contributed by atoms with Crippen LogP contribution in [-0.2, 0) is 21.4 Å². The molecule has 5 aliphatic rings. The molecular weight excluding hydrogens is 546 g/mol. The molecule has 6 heteroatoms. The zero-order chi connectivity index (χ0) is 27.0. The van der Waals surface area contributed by atoms with Crippen LogP contribution in [0.25, 0.3) is 0 Å². The van der Waals surface area contributed by atoms with Gasteiger partial charge in [0, 0.05) is 22.6 Å². The van der Waals surface area contributed by atoms with Crippen molar-refractivity contribution >= 4 is 33.0 Å². The minimum Gasteiger partial charge on any atom is -0.393 e. The first kappa shape index (κ1) is 26.9. The summed E-state index contributed by atoms with van der Waals surface area (Å²) in [6, 6.07) is 0. The minimum absolute atomic E-state index is 0.0656. The highest BCUT2D eigenvalue weighted by atomic mass is 79.9. The lowest BCUT2D eigenvalue weighted by molar-refractivity contribution is -0.239. The van der Waals surface area contributed by atoms with E-state index >= 15 is 0 Å². The number of ketones is 1. The molecule has 6 rings (SSSR count). The Balaban J connectivity index is 1.43. The first-order chi connectivity index (χ1) is 17.0. The van der Waals surface area contributed by atoms with Crippen molar-refractivity contribution in [3.63, 3.8) is 0 Å². The van der Waals surface area contributed by atoms with E-state index in [4.69, 9.17) is 9.72 Å². The summed E-state index contributed by atoms with van der Waals surface area (Å²) in [5, 5.41) is 12.1. The highest BCUT2D eigenvalue weighted by Crippen LogP contribution is 2.75. The third-order valence-corrected chi connectivity index (χ3v) is 14.2. The molecule has 37 heavy (non-hydrogen) atoms. The number of Topliss-reactive ketones (excluding diaryl/α,β-unsaturated/α-hetero) is 1. The summed E-state index contributed by atoms with van der Waals surface area (Å²) in [7, 11) is 0. The van der Waals surface area contributed by atoms with Gasteiger partial charge in [0.2, 0.25) is 0 Å². The zero-order valence-corrected chi connectivity index (χ0v) is 26.4. The molecule has 0 spiro atoms. The third kappa shape index (κ3) is 3.43. The van der Waals surface area contributed by atoms with Gasteiger partial charge in [0.1, 0.15) is 5.78 Å². The third-order valence-electron chi connectivity index (χ3n) is 12.7. The molecule has 1 aliphatic heterocycles. The van der Waals surface area contributed by atoms with Crippen LogP contribution in [0.15, 0.2) is 3.92 Å². The molecule has 1 saturated heterocycles. The van der Waals surface area contributed by atoms with Crippen molar-refractivity contribution in [2.45, 2.75) is 129 Å². The largest absolute Gasteiger partial charge is 0.393 e. The first-order valence-electron chi connectivity index (χ1n) is 14.6. The molecule has 1 aromatic rings. The average molecular weight is 593 g/mol. The van der Waals surface area contributed by atoms with Gasteiger partial charge in [0.15, 0.2) is 3.92 Å². The molecule has 0 amide bonds. The van der Waals surface area contributed by atoms with Gasteiger partial charge in [-0.1, -0.05) is 34.6 Å². The van der Waals surface area contributed by atoms with E-state index in [1.54, 1.807) is 11.3 Å². The predicted molar refractivity (Wildman–Crippen MR) is 152 cm³/mol. The van der Waals surface area contributed by atoms with Crippen LogP contribution >= 0.6 is 27.3 Å². The Morgan fingerprint density at radius 1 is 1.00 bits per heavy atom. The average Bonchev–Trinajstić information content (AvgIpc) is 3.30. The van der Waals surface area contributed by atoms with Gasteiger partial charge in [-0.05, 0) is 116 Å². The van der Waals surface area contributed by atoms with E-state index in [9.17, 15) is 9.90 Å². The number of hydrogen-bond acceptors (Lipinski definition) is 5. The van der Waals surface area contributed by atoms with E-state index in [1.165, 1.54) is 11.3 Å². The highest BCUT2D eigenvalue weighted by molar-refractivity contribution is 9.11. The quantitative estimate of drug-likeness (QED) is 0.367. The van der Waals surface area contributed by atoms with E-state index < -0.39 is 0 Å². The van der Waals surface area contributed by atoms with Gasteiger partial charge in [-0.15, -0.1) is 11.3 Å². The van der Waals surface area contributed by atoms with Crippen LogP contribution < -0.4 is 0 Å². The Labute approximate surface area is 235 Å². The van der Waals surface area contributed by atoms with Crippen LogP contribution in [0.2, 0.25) is 0 Å². The van der Waals surface area contributed by atoms with Gasteiger partial charge in [0.05, 0.1) is 23.0 Å². The van der Waals surface area contributed by atoms with Gasteiger partial charge in [-0.2, -0.15) is 0 Å². The second-order valence-electron chi connectivity index (χ2n) is 15.6. The Bertz CT molecular complexity index is 1150. The van der Waals surface area contributed by atoms with E-state index in [0.717, 1.165) is 48.1 Å². The van der Waals surface area contributed by atoms with E-state index in [1.807, 2.05) is 0 Å². The molecule has 9 atom stereocenters. The van der Waals surface area contributed by atoms with Crippen LogP contribution in [0.4, 0.5) is 0 Å². The Morgan fingerprint density at radius 3 is 2.38 bits per heavy atom. The van der Waals surface area contributed by atoms with Gasteiger partial charge in [-0.3, -0.25) is 4.79 Å². The monoisotopic (exact) mass is 591 g/mol. The fourth-order valence-electron chi connectivity index (χ4n) is 11.4. The van der Waals surface area contributed by atoms with Crippen molar-refractivity contribution in [1.82, 2.24) is 4.98 Å². The van der Waals surface area contributed by atoms with E-state index in [0.29, 0.717) is 24.0 Å². The van der Waals surface area contributed by atoms with Crippen LogP contribution in [-0.4, -0.2) is 33.2 Å². The molecule has 1 aromatic heterocycles. The fourth-order valence-corrected chi connectivity index (χ4v) is 13.3. The maximum absolute atomic E-state index is 14.3. The van der Waals surface area contributed by atoms with Gasteiger partial charge < -0.3 is 9.84 Å². The summed E-state index contributed by atoms with van der Waals surface area (Å²) in [4.78, 5) is 20.5. The molecule has 2 heterocycles. The summed E-state index contributed by atoms with van der Waals surface area (Å²) in [5.41, 5.74) is 0.0614. The standard InChI is InChI=1S/C31H46BrNO3S/c1-26(2)11-9-12-31(8,36-26)17-10-13-29(6)22(17)18(34)14-21-28(5)16-20-24(33-25(32)37-20)27(3,4)23(28)19(35)15-30(21,29)7/h17-18,21-23,34H,9-16H2,1-8H3/t17-,18+,21+,22-,23-,28+,29+,30+,31+/m0/s1. The number of fused-ring (bicyclic) bond motifs is 6. The van der Waals surface area contributed by atoms with Crippen molar-refractivity contribution in [3.05, 3.63) is 14.5 Å². The molecule has 0 aromatic carbocycles. The molecular formula is C31H46BrNO3S. The maximum atomic E-state index is 14.3. The highest BCUT2D eigenvalue weighted by Gasteiger charge is 2.73. The molecule has 0 radical (unpaired) electrons. The number of rotatable bonds is 1. The van der Waals surface area contributed by atoms with Crippen LogP contribution in [0, 0.1) is 39.9 Å². The van der Waals surface area contributed by atoms with Crippen molar-refractivity contribution in [3.8, 4) is 0 Å². The molecule has 4 nitrogen and oxygen atoms in total. The summed E-state index contributed by atoms with van der Waals surface area (Å²) >= 11 is 5.38. The maximum Gasteiger partial charge on any atom is 0.159 e. The fraction of sp³-hybridized carbons (Fsp3) is 0.871. The predicted octanol–water partition coefficient (Wildman–Crippen LogP) is 7.49. The molecule has 206 valence electrons. The molecule has 4 aliphatic carbocycles.